The highest BCUT2D eigenvalue weighted by atomic mass is 15.1. The highest BCUT2D eigenvalue weighted by molar-refractivity contribution is 6.08. The smallest absolute Gasteiger partial charge is 0.0725 e. The maximum atomic E-state index is 2.51. The molecule has 48 heavy (non-hydrogen) atoms. The van der Waals surface area contributed by atoms with Gasteiger partial charge >= 0.3 is 0 Å². The fourth-order valence-corrected chi connectivity index (χ4v) is 8.66. The Morgan fingerprint density at radius 1 is 0.375 bits per heavy atom. The van der Waals surface area contributed by atoms with E-state index in [1.54, 1.807) is 0 Å². The minimum atomic E-state index is -0.390. The fraction of sp³-hybridized carbons (Fsp3) is 0.0638. The van der Waals surface area contributed by atoms with Crippen LogP contribution in [0.2, 0.25) is 0 Å². The van der Waals surface area contributed by atoms with E-state index in [-0.39, 0.29) is 5.41 Å². The van der Waals surface area contributed by atoms with Gasteiger partial charge in [0.05, 0.1) is 5.41 Å². The molecule has 226 valence electrons. The van der Waals surface area contributed by atoms with Gasteiger partial charge in [0.15, 0.2) is 0 Å². The predicted octanol–water partition coefficient (Wildman–Crippen LogP) is 12.4. The second-order valence-electron chi connectivity index (χ2n) is 13.4. The lowest BCUT2D eigenvalue weighted by molar-refractivity contribution is 0.795. The summed E-state index contributed by atoms with van der Waals surface area (Å²) in [6.07, 6.45) is 0. The summed E-state index contributed by atoms with van der Waals surface area (Å²) in [5.74, 6) is 0. The molecule has 8 aromatic rings. The van der Waals surface area contributed by atoms with Crippen LogP contribution in [-0.2, 0) is 5.41 Å². The monoisotopic (exact) mass is 611 g/mol. The number of rotatable bonds is 3. The van der Waals surface area contributed by atoms with Gasteiger partial charge in [-0.15, -0.1) is 0 Å². The first-order valence-corrected chi connectivity index (χ1v) is 16.9. The van der Waals surface area contributed by atoms with Crippen LogP contribution in [0.1, 0.15) is 33.4 Å². The van der Waals surface area contributed by atoms with Crippen molar-refractivity contribution >= 4 is 38.6 Å². The molecule has 2 aliphatic rings. The number of fused-ring (bicyclic) bond motifs is 13. The van der Waals surface area contributed by atoms with Crippen LogP contribution in [0.4, 0.5) is 17.1 Å². The lowest BCUT2D eigenvalue weighted by Gasteiger charge is -2.31. The lowest BCUT2D eigenvalue weighted by atomic mass is 9.70. The van der Waals surface area contributed by atoms with Crippen molar-refractivity contribution in [3.8, 4) is 22.3 Å². The predicted molar refractivity (Wildman–Crippen MR) is 202 cm³/mol. The number of aryl methyl sites for hydroxylation is 2. The summed E-state index contributed by atoms with van der Waals surface area (Å²) < 4.78 is 0. The van der Waals surface area contributed by atoms with E-state index in [1.807, 2.05) is 0 Å². The second-order valence-corrected chi connectivity index (χ2v) is 13.4. The molecule has 0 bridgehead atoms. The van der Waals surface area contributed by atoms with Crippen LogP contribution in [0.3, 0.4) is 0 Å². The molecule has 1 nitrogen and oxygen atoms in total. The number of para-hydroxylation sites is 1. The third kappa shape index (κ3) is 3.62. The summed E-state index contributed by atoms with van der Waals surface area (Å²) in [7, 11) is 0. The first-order valence-electron chi connectivity index (χ1n) is 16.9. The zero-order chi connectivity index (χ0) is 32.0. The molecule has 0 heterocycles. The average molecular weight is 612 g/mol. The van der Waals surface area contributed by atoms with E-state index in [9.17, 15) is 0 Å². The van der Waals surface area contributed by atoms with Gasteiger partial charge in [-0.25, -0.2) is 0 Å². The summed E-state index contributed by atoms with van der Waals surface area (Å²) >= 11 is 0. The summed E-state index contributed by atoms with van der Waals surface area (Å²) in [4.78, 5) is 2.39. The highest BCUT2D eigenvalue weighted by Crippen LogP contribution is 2.64. The van der Waals surface area contributed by atoms with Crippen molar-refractivity contribution in [1.82, 2.24) is 0 Å². The van der Waals surface area contributed by atoms with Gasteiger partial charge in [-0.3, -0.25) is 0 Å². The van der Waals surface area contributed by atoms with E-state index in [2.05, 4.69) is 183 Å². The molecule has 0 aromatic heterocycles. The zero-order valence-electron chi connectivity index (χ0n) is 27.0. The van der Waals surface area contributed by atoms with Gasteiger partial charge in [-0.2, -0.15) is 0 Å². The SMILES string of the molecule is Cc1ccc(N(c2ccccc2)c2ccc3cc4c(cc3c2)C2(c3ccccc3-c3ccccc32)c2ccc3ccccc3c2-4)cc1C. The maximum Gasteiger partial charge on any atom is 0.0725 e. The topological polar surface area (TPSA) is 3.24 Å². The van der Waals surface area contributed by atoms with Crippen LogP contribution < -0.4 is 4.90 Å². The van der Waals surface area contributed by atoms with Gasteiger partial charge in [0.25, 0.3) is 0 Å². The first kappa shape index (κ1) is 27.2. The summed E-state index contributed by atoms with van der Waals surface area (Å²) in [6.45, 7) is 4.38. The quantitative estimate of drug-likeness (QED) is 0.192. The third-order valence-corrected chi connectivity index (χ3v) is 10.9. The van der Waals surface area contributed by atoms with Crippen molar-refractivity contribution in [2.75, 3.05) is 4.90 Å². The average Bonchev–Trinajstić information content (AvgIpc) is 3.60. The number of hydrogen-bond acceptors (Lipinski definition) is 1. The van der Waals surface area contributed by atoms with Crippen molar-refractivity contribution in [2.24, 2.45) is 0 Å². The molecule has 1 spiro atoms. The normalized spacial score (nSPS) is 13.4. The number of benzene rings is 8. The largest absolute Gasteiger partial charge is 0.310 e. The lowest BCUT2D eigenvalue weighted by Crippen LogP contribution is -2.25. The Hall–Kier alpha value is -5.92. The van der Waals surface area contributed by atoms with Crippen LogP contribution in [0, 0.1) is 13.8 Å². The van der Waals surface area contributed by atoms with Crippen LogP contribution in [0.5, 0.6) is 0 Å². The number of nitrogens with zero attached hydrogens (tertiary/aromatic N) is 1. The first-order chi connectivity index (χ1) is 23.6. The molecule has 1 heteroatoms. The molecule has 0 saturated carbocycles. The van der Waals surface area contributed by atoms with E-state index in [0.717, 1.165) is 11.4 Å². The van der Waals surface area contributed by atoms with Crippen LogP contribution in [0.25, 0.3) is 43.8 Å². The maximum absolute atomic E-state index is 2.51. The molecule has 8 aromatic carbocycles. The Bertz CT molecular complexity index is 2550. The van der Waals surface area contributed by atoms with Crippen LogP contribution in [0.15, 0.2) is 164 Å². The molecule has 0 radical (unpaired) electrons. The Morgan fingerprint density at radius 2 is 1.02 bits per heavy atom. The molecule has 0 aliphatic heterocycles. The summed E-state index contributed by atoms with van der Waals surface area (Å²) in [5.41, 5.74) is 16.5. The Balaban J connectivity index is 1.28. The van der Waals surface area contributed by atoms with Crippen molar-refractivity contribution in [2.45, 2.75) is 19.3 Å². The molecule has 0 saturated heterocycles. The number of anilines is 3. The molecule has 0 amide bonds. The van der Waals surface area contributed by atoms with Gasteiger partial charge < -0.3 is 4.90 Å². The Labute approximate surface area is 281 Å². The molecule has 2 aliphatic carbocycles. The van der Waals surface area contributed by atoms with Crippen LogP contribution in [-0.4, -0.2) is 0 Å². The summed E-state index contributed by atoms with van der Waals surface area (Å²) in [6, 6.07) is 61.2. The summed E-state index contributed by atoms with van der Waals surface area (Å²) in [5, 5.41) is 5.09. The van der Waals surface area contributed by atoms with Gasteiger partial charge in [-0.1, -0.05) is 115 Å². The zero-order valence-corrected chi connectivity index (χ0v) is 27.0. The van der Waals surface area contributed by atoms with E-state index in [1.165, 1.54) is 82.9 Å². The van der Waals surface area contributed by atoms with Gasteiger partial charge in [0, 0.05) is 17.1 Å². The minimum absolute atomic E-state index is 0.390. The fourth-order valence-electron chi connectivity index (χ4n) is 8.66. The van der Waals surface area contributed by atoms with Crippen molar-refractivity contribution in [1.29, 1.82) is 0 Å². The van der Waals surface area contributed by atoms with Gasteiger partial charge in [0.2, 0.25) is 0 Å². The third-order valence-electron chi connectivity index (χ3n) is 10.9. The second kappa shape index (κ2) is 10.0. The van der Waals surface area contributed by atoms with Gasteiger partial charge in [-0.05, 0) is 140 Å². The van der Waals surface area contributed by atoms with Crippen molar-refractivity contribution in [3.05, 3.63) is 197 Å². The molecular formula is C47H33N. The van der Waals surface area contributed by atoms with Crippen molar-refractivity contribution < 1.29 is 0 Å². The number of hydrogen-bond donors (Lipinski definition) is 0. The molecule has 0 N–H and O–H groups in total. The van der Waals surface area contributed by atoms with Crippen molar-refractivity contribution in [3.63, 3.8) is 0 Å². The van der Waals surface area contributed by atoms with E-state index in [4.69, 9.17) is 0 Å². The van der Waals surface area contributed by atoms with Gasteiger partial charge in [0.1, 0.15) is 0 Å². The molecule has 0 unspecified atom stereocenters. The molecule has 0 fully saturated rings. The van der Waals surface area contributed by atoms with E-state index < -0.39 is 0 Å². The van der Waals surface area contributed by atoms with E-state index in [0.29, 0.717) is 0 Å². The molecular weight excluding hydrogens is 579 g/mol. The Kier molecular flexibility index (Phi) is 5.69. The Morgan fingerprint density at radius 3 is 1.79 bits per heavy atom. The molecule has 0 atom stereocenters. The highest BCUT2D eigenvalue weighted by Gasteiger charge is 2.52. The molecule has 10 rings (SSSR count). The van der Waals surface area contributed by atoms with Crippen LogP contribution >= 0.6 is 0 Å². The van der Waals surface area contributed by atoms with E-state index >= 15 is 0 Å². The minimum Gasteiger partial charge on any atom is -0.310 e. The standard InChI is InChI=1S/C47H33N/c1-30-20-23-36(26-31(30)2)48(35-13-4-3-5-14-35)37-24-21-33-28-41-45(29-34(33)27-37)47(44-25-22-32-12-6-7-15-38(32)46(41)44)42-18-10-8-16-39(42)40-17-9-11-19-43(40)47/h3-29H,1-2H3.